The standard InChI is InChI=1S/C18H15FN2O4S2/c1-12-15(21(22)23)4-2-6-17(12)27(24,25)20-18(16-5-3-11-26-16)13-7-9-14(19)10-8-13/h2-11,18,20H,1H3. The summed E-state index contributed by atoms with van der Waals surface area (Å²) in [4.78, 5) is 11.0. The van der Waals surface area contributed by atoms with Crippen molar-refractivity contribution in [1.29, 1.82) is 0 Å². The zero-order valence-corrected chi connectivity index (χ0v) is 15.8. The molecule has 3 rings (SSSR count). The van der Waals surface area contributed by atoms with Crippen molar-refractivity contribution in [3.05, 3.63) is 91.9 Å². The molecule has 27 heavy (non-hydrogen) atoms. The first-order chi connectivity index (χ1) is 12.8. The first kappa shape index (κ1) is 19.2. The molecule has 0 saturated heterocycles. The average molecular weight is 406 g/mol. The van der Waals surface area contributed by atoms with E-state index in [0.717, 1.165) is 0 Å². The quantitative estimate of drug-likeness (QED) is 0.491. The number of sulfonamides is 1. The maximum absolute atomic E-state index is 13.3. The van der Waals surface area contributed by atoms with Crippen molar-refractivity contribution in [2.75, 3.05) is 0 Å². The van der Waals surface area contributed by atoms with E-state index in [0.29, 0.717) is 10.4 Å². The Bertz CT molecular complexity index is 1070. The number of hydrogen-bond acceptors (Lipinski definition) is 5. The highest BCUT2D eigenvalue weighted by molar-refractivity contribution is 7.89. The van der Waals surface area contributed by atoms with E-state index in [-0.39, 0.29) is 16.1 Å². The molecule has 0 aliphatic rings. The lowest BCUT2D eigenvalue weighted by atomic mass is 10.1. The minimum absolute atomic E-state index is 0.0547. The summed E-state index contributed by atoms with van der Waals surface area (Å²) in [5, 5.41) is 12.9. The van der Waals surface area contributed by atoms with E-state index >= 15 is 0 Å². The Labute approximate surface area is 159 Å². The molecule has 1 unspecified atom stereocenters. The van der Waals surface area contributed by atoms with Gasteiger partial charge < -0.3 is 0 Å². The lowest BCUT2D eigenvalue weighted by Gasteiger charge is -2.19. The van der Waals surface area contributed by atoms with Gasteiger partial charge in [0.15, 0.2) is 0 Å². The molecule has 0 aliphatic carbocycles. The van der Waals surface area contributed by atoms with Crippen molar-refractivity contribution in [3.8, 4) is 0 Å². The number of nitrogens with zero attached hydrogens (tertiary/aromatic N) is 1. The number of thiophene rings is 1. The lowest BCUT2D eigenvalue weighted by Crippen LogP contribution is -2.29. The van der Waals surface area contributed by atoms with Crippen LogP contribution in [0.15, 0.2) is 64.9 Å². The Morgan fingerprint density at radius 1 is 1.11 bits per heavy atom. The van der Waals surface area contributed by atoms with Gasteiger partial charge in [0, 0.05) is 16.5 Å². The minimum atomic E-state index is -4.07. The maximum atomic E-state index is 13.3. The van der Waals surface area contributed by atoms with Gasteiger partial charge in [0.05, 0.1) is 15.9 Å². The van der Waals surface area contributed by atoms with E-state index in [1.54, 1.807) is 17.5 Å². The summed E-state index contributed by atoms with van der Waals surface area (Å²) in [7, 11) is -4.07. The topological polar surface area (TPSA) is 89.3 Å². The van der Waals surface area contributed by atoms with Crippen LogP contribution in [0.2, 0.25) is 0 Å². The number of halogens is 1. The maximum Gasteiger partial charge on any atom is 0.273 e. The number of benzene rings is 2. The highest BCUT2D eigenvalue weighted by Crippen LogP contribution is 2.30. The molecular formula is C18H15FN2O4S2. The highest BCUT2D eigenvalue weighted by atomic mass is 32.2. The van der Waals surface area contributed by atoms with E-state index in [4.69, 9.17) is 0 Å². The largest absolute Gasteiger partial charge is 0.273 e. The second-order valence-electron chi connectivity index (χ2n) is 5.78. The zero-order valence-electron chi connectivity index (χ0n) is 14.1. The first-order valence-electron chi connectivity index (χ1n) is 7.85. The van der Waals surface area contributed by atoms with Crippen LogP contribution in [0.5, 0.6) is 0 Å². The second-order valence-corrected chi connectivity index (χ2v) is 8.44. The Morgan fingerprint density at radius 2 is 1.81 bits per heavy atom. The third-order valence-electron chi connectivity index (χ3n) is 4.05. The predicted molar refractivity (Wildman–Crippen MR) is 101 cm³/mol. The summed E-state index contributed by atoms with van der Waals surface area (Å²) in [6.45, 7) is 1.39. The summed E-state index contributed by atoms with van der Waals surface area (Å²) in [6, 6.07) is 12.2. The molecule has 1 aromatic heterocycles. The summed E-state index contributed by atoms with van der Waals surface area (Å²) in [5.74, 6) is -0.430. The van der Waals surface area contributed by atoms with Gasteiger partial charge in [-0.1, -0.05) is 24.3 Å². The van der Waals surface area contributed by atoms with Crippen LogP contribution in [0.4, 0.5) is 10.1 Å². The molecule has 3 aromatic rings. The highest BCUT2D eigenvalue weighted by Gasteiger charge is 2.27. The summed E-state index contributed by atoms with van der Waals surface area (Å²) in [6.07, 6.45) is 0. The molecule has 0 bridgehead atoms. The molecule has 0 aliphatic heterocycles. The fourth-order valence-electron chi connectivity index (χ4n) is 2.71. The number of rotatable bonds is 6. The molecule has 0 saturated carbocycles. The number of nitro benzene ring substituents is 1. The molecule has 0 amide bonds. The van der Waals surface area contributed by atoms with Crippen molar-refractivity contribution >= 4 is 27.0 Å². The third kappa shape index (κ3) is 4.05. The van der Waals surface area contributed by atoms with Crippen molar-refractivity contribution in [2.24, 2.45) is 0 Å². The normalized spacial score (nSPS) is 12.7. The van der Waals surface area contributed by atoms with Crippen molar-refractivity contribution in [3.63, 3.8) is 0 Å². The fourth-order valence-corrected chi connectivity index (χ4v) is 5.05. The summed E-state index contributed by atoms with van der Waals surface area (Å²) >= 11 is 1.35. The van der Waals surface area contributed by atoms with Gasteiger partial charge in [-0.25, -0.2) is 12.8 Å². The van der Waals surface area contributed by atoms with E-state index < -0.39 is 26.8 Å². The molecule has 0 spiro atoms. The van der Waals surface area contributed by atoms with Crippen LogP contribution in [0.3, 0.4) is 0 Å². The van der Waals surface area contributed by atoms with Gasteiger partial charge >= 0.3 is 0 Å². The van der Waals surface area contributed by atoms with E-state index in [1.165, 1.54) is 60.7 Å². The Hall–Kier alpha value is -2.62. The monoisotopic (exact) mass is 406 g/mol. The van der Waals surface area contributed by atoms with Gasteiger partial charge in [-0.15, -0.1) is 11.3 Å². The van der Waals surface area contributed by atoms with Crippen molar-refractivity contribution < 1.29 is 17.7 Å². The SMILES string of the molecule is Cc1c([N+](=O)[O-])cccc1S(=O)(=O)NC(c1ccc(F)cc1)c1cccs1. The van der Waals surface area contributed by atoms with Crippen LogP contribution in [-0.2, 0) is 10.0 Å². The number of nitro groups is 1. The minimum Gasteiger partial charge on any atom is -0.258 e. The van der Waals surface area contributed by atoms with Crippen LogP contribution in [-0.4, -0.2) is 13.3 Å². The Balaban J connectivity index is 2.04. The van der Waals surface area contributed by atoms with Crippen LogP contribution in [0.1, 0.15) is 22.0 Å². The molecular weight excluding hydrogens is 391 g/mol. The van der Waals surface area contributed by atoms with Gasteiger partial charge in [-0.05, 0) is 42.1 Å². The molecule has 1 atom stereocenters. The van der Waals surface area contributed by atoms with Crippen LogP contribution >= 0.6 is 11.3 Å². The van der Waals surface area contributed by atoms with Gasteiger partial charge in [0.2, 0.25) is 10.0 Å². The average Bonchev–Trinajstić information content (AvgIpc) is 3.15. The molecule has 6 nitrogen and oxygen atoms in total. The van der Waals surface area contributed by atoms with Crippen LogP contribution < -0.4 is 4.72 Å². The smallest absolute Gasteiger partial charge is 0.258 e. The molecule has 9 heteroatoms. The van der Waals surface area contributed by atoms with Crippen LogP contribution in [0.25, 0.3) is 0 Å². The van der Waals surface area contributed by atoms with Gasteiger partial charge in [-0.2, -0.15) is 4.72 Å². The van der Waals surface area contributed by atoms with Gasteiger partial charge in [-0.3, -0.25) is 10.1 Å². The molecule has 2 aromatic carbocycles. The van der Waals surface area contributed by atoms with Crippen molar-refractivity contribution in [1.82, 2.24) is 4.72 Å². The zero-order chi connectivity index (χ0) is 19.6. The molecule has 0 fully saturated rings. The predicted octanol–water partition coefficient (Wildman–Crippen LogP) is 4.17. The number of hydrogen-bond donors (Lipinski definition) is 1. The molecule has 140 valence electrons. The van der Waals surface area contributed by atoms with Gasteiger partial charge in [0.25, 0.3) is 5.69 Å². The van der Waals surface area contributed by atoms with E-state index in [1.807, 2.05) is 0 Å². The fraction of sp³-hybridized carbons (Fsp3) is 0.111. The second kappa shape index (κ2) is 7.55. The first-order valence-corrected chi connectivity index (χ1v) is 10.2. The molecule has 1 N–H and O–H groups in total. The summed E-state index contributed by atoms with van der Waals surface area (Å²) < 4.78 is 41.8. The third-order valence-corrected chi connectivity index (χ3v) is 6.55. The Morgan fingerprint density at radius 3 is 2.41 bits per heavy atom. The van der Waals surface area contributed by atoms with Gasteiger partial charge in [0.1, 0.15) is 5.82 Å². The summed E-state index contributed by atoms with van der Waals surface area (Å²) in [5.41, 5.74) is 0.344. The Kier molecular flexibility index (Phi) is 5.36. The molecule has 0 radical (unpaired) electrons. The molecule has 1 heterocycles. The number of nitrogens with one attached hydrogen (secondary N) is 1. The van der Waals surface area contributed by atoms with Crippen molar-refractivity contribution in [2.45, 2.75) is 17.9 Å². The van der Waals surface area contributed by atoms with E-state index in [2.05, 4.69) is 4.72 Å². The van der Waals surface area contributed by atoms with Crippen LogP contribution in [0, 0.1) is 22.9 Å². The van der Waals surface area contributed by atoms with E-state index in [9.17, 15) is 22.9 Å². The lowest BCUT2D eigenvalue weighted by molar-refractivity contribution is -0.385.